The molecule has 0 amide bonds. The van der Waals surface area contributed by atoms with Crippen molar-refractivity contribution in [3.63, 3.8) is 0 Å². The van der Waals surface area contributed by atoms with Gasteiger partial charge in [-0.2, -0.15) is 0 Å². The minimum absolute atomic E-state index is 0.146. The Morgan fingerprint density at radius 2 is 2.13 bits per heavy atom. The average Bonchev–Trinajstić information content (AvgIpc) is 2.30. The van der Waals surface area contributed by atoms with Crippen molar-refractivity contribution < 1.29 is 4.39 Å². The monoisotopic (exact) mass is 209 g/mol. The first-order chi connectivity index (χ1) is 7.31. The highest BCUT2D eigenvalue weighted by Gasteiger charge is 2.23. The molecule has 0 bridgehead atoms. The van der Waals surface area contributed by atoms with Gasteiger partial charge in [-0.3, -0.25) is 0 Å². The van der Waals surface area contributed by atoms with Crippen LogP contribution in [0.25, 0.3) is 0 Å². The number of piperidine rings is 1. The van der Waals surface area contributed by atoms with Crippen LogP contribution in [0.15, 0.2) is 23.6 Å². The first-order valence-electron chi connectivity index (χ1n) is 6.08. The highest BCUT2D eigenvalue weighted by atomic mass is 19.1. The maximum absolute atomic E-state index is 13.6. The second kappa shape index (κ2) is 4.93. The highest BCUT2D eigenvalue weighted by molar-refractivity contribution is 5.28. The number of hydrogen-bond donors (Lipinski definition) is 0. The number of hydrogen-bond acceptors (Lipinski definition) is 1. The van der Waals surface area contributed by atoms with Crippen LogP contribution in [0.3, 0.4) is 0 Å². The molecule has 0 saturated carbocycles. The van der Waals surface area contributed by atoms with Gasteiger partial charge >= 0.3 is 0 Å². The lowest BCUT2D eigenvalue weighted by molar-refractivity contribution is 0.207. The fraction of sp³-hybridized carbons (Fsp3) is 0.692. The van der Waals surface area contributed by atoms with E-state index in [0.717, 1.165) is 44.5 Å². The largest absolute Gasteiger partial charge is 0.304 e. The molecule has 1 nitrogen and oxygen atoms in total. The van der Waals surface area contributed by atoms with Crippen LogP contribution in [0.4, 0.5) is 4.39 Å². The molecule has 0 atom stereocenters. The summed E-state index contributed by atoms with van der Waals surface area (Å²) in [7, 11) is 0. The number of likely N-dealkylation sites (tertiary alicyclic amines) is 1. The van der Waals surface area contributed by atoms with Crippen LogP contribution in [0.1, 0.15) is 32.6 Å². The lowest BCUT2D eigenvalue weighted by Gasteiger charge is -2.32. The molecular weight excluding hydrogens is 189 g/mol. The number of halogens is 1. The van der Waals surface area contributed by atoms with Gasteiger partial charge < -0.3 is 4.90 Å². The number of nitrogens with zero attached hydrogens (tertiary/aromatic N) is 1. The molecule has 1 aliphatic carbocycles. The summed E-state index contributed by atoms with van der Waals surface area (Å²) in [4.78, 5) is 2.45. The van der Waals surface area contributed by atoms with Crippen LogP contribution in [0.5, 0.6) is 0 Å². The molecule has 0 aromatic heterocycles. The zero-order valence-electron chi connectivity index (χ0n) is 9.51. The predicted octanol–water partition coefficient (Wildman–Crippen LogP) is 3.29. The predicted molar refractivity (Wildman–Crippen MR) is 61.3 cm³/mol. The van der Waals surface area contributed by atoms with Crippen molar-refractivity contribution in [3.05, 3.63) is 23.6 Å². The van der Waals surface area contributed by atoms with Gasteiger partial charge in [-0.05, 0) is 50.4 Å². The van der Waals surface area contributed by atoms with E-state index in [-0.39, 0.29) is 5.83 Å². The first-order valence-corrected chi connectivity index (χ1v) is 6.08. The Morgan fingerprint density at radius 1 is 1.40 bits per heavy atom. The molecule has 2 rings (SSSR count). The van der Waals surface area contributed by atoms with Crippen molar-refractivity contribution in [2.75, 3.05) is 19.6 Å². The van der Waals surface area contributed by atoms with Gasteiger partial charge in [0.25, 0.3) is 0 Å². The summed E-state index contributed by atoms with van der Waals surface area (Å²) in [5.74, 6) is 0.622. The fourth-order valence-corrected chi connectivity index (χ4v) is 2.57. The topological polar surface area (TPSA) is 3.24 Å². The second-order valence-corrected chi connectivity index (χ2v) is 4.51. The maximum atomic E-state index is 13.6. The first kappa shape index (κ1) is 10.9. The molecule has 0 N–H and O–H groups in total. The summed E-state index contributed by atoms with van der Waals surface area (Å²) in [6.07, 6.45) is 7.89. The van der Waals surface area contributed by atoms with Crippen molar-refractivity contribution in [2.45, 2.75) is 32.6 Å². The van der Waals surface area contributed by atoms with Crippen LogP contribution in [0.2, 0.25) is 0 Å². The second-order valence-electron chi connectivity index (χ2n) is 4.51. The third-order valence-electron chi connectivity index (χ3n) is 3.62. The Labute approximate surface area is 91.7 Å². The molecule has 0 spiro atoms. The molecule has 84 valence electrons. The van der Waals surface area contributed by atoms with E-state index < -0.39 is 0 Å². The number of allylic oxidation sites excluding steroid dienone is 4. The van der Waals surface area contributed by atoms with Crippen molar-refractivity contribution >= 4 is 0 Å². The van der Waals surface area contributed by atoms with Crippen LogP contribution in [-0.4, -0.2) is 24.5 Å². The van der Waals surface area contributed by atoms with E-state index in [2.05, 4.69) is 17.9 Å². The van der Waals surface area contributed by atoms with Crippen LogP contribution in [0, 0.1) is 5.92 Å². The smallest absolute Gasteiger partial charge is 0.104 e. The normalized spacial score (nSPS) is 24.9. The third-order valence-corrected chi connectivity index (χ3v) is 3.62. The van der Waals surface area contributed by atoms with Gasteiger partial charge in [-0.1, -0.05) is 19.1 Å². The molecule has 1 saturated heterocycles. The molecule has 15 heavy (non-hydrogen) atoms. The molecular formula is C13H20FN. The standard InChI is InChI=1S/C13H20FN/c1-2-15-9-7-11(8-10-15)12-5-3-4-6-13(12)14/h3,5,11H,2,4,6-10H2,1H3. The zero-order chi connectivity index (χ0) is 10.7. The molecule has 2 aliphatic rings. The van der Waals surface area contributed by atoms with Gasteiger partial charge in [0, 0.05) is 6.42 Å². The molecule has 0 aromatic rings. The SMILES string of the molecule is CCN1CCC(C2=C(F)CCC=C2)CC1. The van der Waals surface area contributed by atoms with Crippen molar-refractivity contribution in [1.82, 2.24) is 4.90 Å². The Bertz CT molecular complexity index is 272. The van der Waals surface area contributed by atoms with E-state index in [4.69, 9.17) is 0 Å². The molecule has 1 fully saturated rings. The Hall–Kier alpha value is -0.630. The van der Waals surface area contributed by atoms with E-state index in [1.165, 1.54) is 0 Å². The lowest BCUT2D eigenvalue weighted by atomic mass is 9.86. The highest BCUT2D eigenvalue weighted by Crippen LogP contribution is 2.32. The minimum atomic E-state index is 0.146. The Morgan fingerprint density at radius 3 is 2.73 bits per heavy atom. The van der Waals surface area contributed by atoms with E-state index in [1.54, 1.807) is 0 Å². The van der Waals surface area contributed by atoms with Crippen molar-refractivity contribution in [1.29, 1.82) is 0 Å². The lowest BCUT2D eigenvalue weighted by Crippen LogP contribution is -2.34. The number of rotatable bonds is 2. The average molecular weight is 209 g/mol. The summed E-state index contributed by atoms with van der Waals surface area (Å²) >= 11 is 0. The van der Waals surface area contributed by atoms with Gasteiger partial charge in [0.2, 0.25) is 0 Å². The van der Waals surface area contributed by atoms with Crippen LogP contribution in [-0.2, 0) is 0 Å². The Balaban J connectivity index is 1.98. The maximum Gasteiger partial charge on any atom is 0.104 e. The fourth-order valence-electron chi connectivity index (χ4n) is 2.57. The molecule has 1 heterocycles. The summed E-state index contributed by atoms with van der Waals surface area (Å²) in [5, 5.41) is 0. The van der Waals surface area contributed by atoms with Gasteiger partial charge in [0.05, 0.1) is 0 Å². The minimum Gasteiger partial charge on any atom is -0.304 e. The molecule has 0 unspecified atom stereocenters. The summed E-state index contributed by atoms with van der Waals surface area (Å²) < 4.78 is 13.6. The molecule has 0 aromatic carbocycles. The van der Waals surface area contributed by atoms with Crippen LogP contribution < -0.4 is 0 Å². The van der Waals surface area contributed by atoms with Crippen LogP contribution >= 0.6 is 0 Å². The Kier molecular flexibility index (Phi) is 3.57. The summed E-state index contributed by atoms with van der Waals surface area (Å²) in [6.45, 7) is 5.59. The van der Waals surface area contributed by atoms with Gasteiger partial charge in [-0.25, -0.2) is 4.39 Å². The summed E-state index contributed by atoms with van der Waals surface area (Å²) in [6, 6.07) is 0. The van der Waals surface area contributed by atoms with E-state index in [1.807, 2.05) is 6.08 Å². The van der Waals surface area contributed by atoms with Gasteiger partial charge in [0.15, 0.2) is 0 Å². The van der Waals surface area contributed by atoms with Crippen molar-refractivity contribution in [3.8, 4) is 0 Å². The molecule has 1 aliphatic heterocycles. The van der Waals surface area contributed by atoms with E-state index in [0.29, 0.717) is 12.3 Å². The third kappa shape index (κ3) is 2.49. The van der Waals surface area contributed by atoms with E-state index >= 15 is 0 Å². The summed E-state index contributed by atoms with van der Waals surface area (Å²) in [5.41, 5.74) is 0.997. The molecule has 0 radical (unpaired) electrons. The quantitative estimate of drug-likeness (QED) is 0.674. The van der Waals surface area contributed by atoms with Gasteiger partial charge in [-0.15, -0.1) is 0 Å². The van der Waals surface area contributed by atoms with E-state index in [9.17, 15) is 4.39 Å². The zero-order valence-corrected chi connectivity index (χ0v) is 9.51. The molecule has 2 heteroatoms. The van der Waals surface area contributed by atoms with Crippen molar-refractivity contribution in [2.24, 2.45) is 5.92 Å². The van der Waals surface area contributed by atoms with Gasteiger partial charge in [0.1, 0.15) is 5.83 Å².